The van der Waals surface area contributed by atoms with Crippen LogP contribution in [0.2, 0.25) is 0 Å². The number of anilines is 2. The number of hydrogen-bond donors (Lipinski definition) is 3. The third kappa shape index (κ3) is 3.50. The van der Waals surface area contributed by atoms with Crippen LogP contribution in [-0.4, -0.2) is 31.1 Å². The fraction of sp³-hybridized carbons (Fsp3) is 0.250. The van der Waals surface area contributed by atoms with E-state index in [1.54, 1.807) is 31.2 Å². The number of nitrogens with one attached hydrogen (secondary N) is 2. The molecule has 7 nitrogen and oxygen atoms in total. The summed E-state index contributed by atoms with van der Waals surface area (Å²) in [4.78, 5) is 24.8. The predicted octanol–water partition coefficient (Wildman–Crippen LogP) is 2.06. The molecule has 2 heterocycles. The van der Waals surface area contributed by atoms with Crippen molar-refractivity contribution in [2.45, 2.75) is 13.0 Å². The number of carbonyl (C=O) groups is 2. The first-order valence-electron chi connectivity index (χ1n) is 7.39. The quantitative estimate of drug-likeness (QED) is 0.785. The van der Waals surface area contributed by atoms with Gasteiger partial charge in [-0.25, -0.2) is 0 Å². The molecule has 1 aromatic carbocycles. The molecule has 3 rings (SSSR count). The highest BCUT2D eigenvalue weighted by molar-refractivity contribution is 7.12. The van der Waals surface area contributed by atoms with Crippen LogP contribution in [0.4, 0.5) is 11.4 Å². The highest BCUT2D eigenvalue weighted by atomic mass is 32.1. The minimum atomic E-state index is -0.681. The molecule has 0 aliphatic carbocycles. The summed E-state index contributed by atoms with van der Waals surface area (Å²) in [5, 5.41) is 7.30. The largest absolute Gasteiger partial charge is 0.486 e. The molecule has 1 atom stereocenters. The highest BCUT2D eigenvalue weighted by Gasteiger charge is 2.20. The molecule has 2 amide bonds. The smallest absolute Gasteiger partial charge is 0.265 e. The van der Waals surface area contributed by atoms with Crippen LogP contribution < -0.4 is 25.8 Å². The van der Waals surface area contributed by atoms with Gasteiger partial charge in [-0.1, -0.05) is 6.07 Å². The second-order valence-corrected chi connectivity index (χ2v) is 6.20. The van der Waals surface area contributed by atoms with Crippen LogP contribution in [0, 0.1) is 0 Å². The summed E-state index contributed by atoms with van der Waals surface area (Å²) in [7, 11) is 0. The fourth-order valence-electron chi connectivity index (χ4n) is 2.13. The summed E-state index contributed by atoms with van der Waals surface area (Å²) in [5.41, 5.74) is 6.43. The van der Waals surface area contributed by atoms with E-state index in [0.29, 0.717) is 41.0 Å². The van der Waals surface area contributed by atoms with Gasteiger partial charge in [0.2, 0.25) is 5.91 Å². The van der Waals surface area contributed by atoms with Gasteiger partial charge in [0, 0.05) is 12.1 Å². The summed E-state index contributed by atoms with van der Waals surface area (Å²) >= 11 is 1.33. The number of carbonyl (C=O) groups excluding carboxylic acids is 2. The van der Waals surface area contributed by atoms with Gasteiger partial charge in [-0.2, -0.15) is 0 Å². The van der Waals surface area contributed by atoms with Gasteiger partial charge in [0.25, 0.3) is 5.91 Å². The summed E-state index contributed by atoms with van der Waals surface area (Å²) < 4.78 is 11.1. The molecular weight excluding hydrogens is 330 g/mol. The SMILES string of the molecule is C[C@H](N)C(=O)Nc1cc2c(cc1NC(=O)c1cccs1)OCCO2. The van der Waals surface area contributed by atoms with Crippen molar-refractivity contribution < 1.29 is 19.1 Å². The standard InChI is InChI=1S/C16H17N3O4S/c1-9(17)15(20)18-10-7-12-13(23-5-4-22-12)8-11(10)19-16(21)14-3-2-6-24-14/h2-3,6-9H,4-5,17H2,1H3,(H,18,20)(H,19,21)/t9-/m0/s1. The van der Waals surface area contributed by atoms with Gasteiger partial charge in [0.05, 0.1) is 22.3 Å². The van der Waals surface area contributed by atoms with Crippen LogP contribution in [0.1, 0.15) is 16.6 Å². The van der Waals surface area contributed by atoms with E-state index in [1.807, 2.05) is 5.38 Å². The number of amides is 2. The second-order valence-electron chi connectivity index (χ2n) is 5.25. The molecule has 126 valence electrons. The first-order chi connectivity index (χ1) is 11.5. The Balaban J connectivity index is 1.92. The zero-order chi connectivity index (χ0) is 17.1. The molecule has 1 aliphatic heterocycles. The first kappa shape index (κ1) is 16.3. The van der Waals surface area contributed by atoms with Crippen LogP contribution in [-0.2, 0) is 4.79 Å². The van der Waals surface area contributed by atoms with Crippen LogP contribution in [0.15, 0.2) is 29.6 Å². The van der Waals surface area contributed by atoms with Gasteiger partial charge in [-0.15, -0.1) is 11.3 Å². The maximum atomic E-state index is 12.3. The van der Waals surface area contributed by atoms with Crippen LogP contribution in [0.3, 0.4) is 0 Å². The molecule has 0 fully saturated rings. The third-order valence-corrected chi connectivity index (χ3v) is 4.22. The molecule has 0 spiro atoms. The second kappa shape index (κ2) is 6.90. The van der Waals surface area contributed by atoms with Crippen molar-refractivity contribution in [3.8, 4) is 11.5 Å². The first-order valence-corrected chi connectivity index (χ1v) is 8.27. The van der Waals surface area contributed by atoms with Crippen LogP contribution in [0.5, 0.6) is 11.5 Å². The van der Waals surface area contributed by atoms with E-state index in [2.05, 4.69) is 10.6 Å². The number of hydrogen-bond acceptors (Lipinski definition) is 6. The third-order valence-electron chi connectivity index (χ3n) is 3.35. The van der Waals surface area contributed by atoms with Crippen molar-refractivity contribution in [2.75, 3.05) is 23.8 Å². The Morgan fingerprint density at radius 3 is 2.33 bits per heavy atom. The molecule has 0 radical (unpaired) electrons. The molecule has 1 aromatic heterocycles. The van der Waals surface area contributed by atoms with E-state index in [1.165, 1.54) is 11.3 Å². The van der Waals surface area contributed by atoms with Crippen molar-refractivity contribution in [2.24, 2.45) is 5.73 Å². The van der Waals surface area contributed by atoms with E-state index >= 15 is 0 Å². The minimum absolute atomic E-state index is 0.266. The van der Waals surface area contributed by atoms with E-state index in [0.717, 1.165) is 0 Å². The Kier molecular flexibility index (Phi) is 4.68. The Labute approximate surface area is 142 Å². The van der Waals surface area contributed by atoms with Crippen LogP contribution >= 0.6 is 11.3 Å². The van der Waals surface area contributed by atoms with E-state index in [4.69, 9.17) is 15.2 Å². The van der Waals surface area contributed by atoms with E-state index in [-0.39, 0.29) is 11.8 Å². The van der Waals surface area contributed by atoms with Gasteiger partial charge in [-0.05, 0) is 18.4 Å². The molecule has 24 heavy (non-hydrogen) atoms. The van der Waals surface area contributed by atoms with Gasteiger partial charge >= 0.3 is 0 Å². The lowest BCUT2D eigenvalue weighted by molar-refractivity contribution is -0.117. The Morgan fingerprint density at radius 1 is 1.17 bits per heavy atom. The fourth-order valence-corrected chi connectivity index (χ4v) is 2.75. The number of nitrogens with two attached hydrogens (primary N) is 1. The number of thiophene rings is 1. The topological polar surface area (TPSA) is 103 Å². The molecule has 0 saturated carbocycles. The number of benzene rings is 1. The van der Waals surface area contributed by atoms with Gasteiger partial charge < -0.3 is 25.8 Å². The normalized spacial score (nSPS) is 13.9. The molecule has 0 unspecified atom stereocenters. The van der Waals surface area contributed by atoms with Crippen molar-refractivity contribution in [3.05, 3.63) is 34.5 Å². The van der Waals surface area contributed by atoms with Crippen LogP contribution in [0.25, 0.3) is 0 Å². The minimum Gasteiger partial charge on any atom is -0.486 e. The summed E-state index contributed by atoms with van der Waals surface area (Å²) in [6.45, 7) is 2.43. The average molecular weight is 347 g/mol. The predicted molar refractivity (Wildman–Crippen MR) is 92.0 cm³/mol. The molecule has 2 aromatic rings. The van der Waals surface area contributed by atoms with Gasteiger partial charge in [0.15, 0.2) is 11.5 Å². The zero-order valence-electron chi connectivity index (χ0n) is 13.0. The lowest BCUT2D eigenvalue weighted by Gasteiger charge is -2.22. The highest BCUT2D eigenvalue weighted by Crippen LogP contribution is 2.38. The van der Waals surface area contributed by atoms with Crippen molar-refractivity contribution in [3.63, 3.8) is 0 Å². The Morgan fingerprint density at radius 2 is 1.79 bits per heavy atom. The molecule has 0 bridgehead atoms. The molecular formula is C16H17N3O4S. The number of fused-ring (bicyclic) bond motifs is 1. The van der Waals surface area contributed by atoms with Crippen molar-refractivity contribution in [1.29, 1.82) is 0 Å². The van der Waals surface area contributed by atoms with Gasteiger partial charge in [-0.3, -0.25) is 9.59 Å². The van der Waals surface area contributed by atoms with E-state index < -0.39 is 6.04 Å². The average Bonchev–Trinajstić information content (AvgIpc) is 3.09. The Hall–Kier alpha value is -2.58. The van der Waals surface area contributed by atoms with E-state index in [9.17, 15) is 9.59 Å². The molecule has 0 saturated heterocycles. The zero-order valence-corrected chi connectivity index (χ0v) is 13.8. The number of ether oxygens (including phenoxy) is 2. The van der Waals surface area contributed by atoms with Crippen molar-refractivity contribution >= 4 is 34.5 Å². The summed E-state index contributed by atoms with van der Waals surface area (Å²) in [6, 6.07) is 6.09. The molecule has 1 aliphatic rings. The van der Waals surface area contributed by atoms with Crippen molar-refractivity contribution in [1.82, 2.24) is 0 Å². The summed E-state index contributed by atoms with van der Waals surface area (Å²) in [5.74, 6) is 0.396. The molecule has 8 heteroatoms. The summed E-state index contributed by atoms with van der Waals surface area (Å²) in [6.07, 6.45) is 0. The maximum Gasteiger partial charge on any atom is 0.265 e. The van der Waals surface area contributed by atoms with Gasteiger partial charge in [0.1, 0.15) is 13.2 Å². The lowest BCUT2D eigenvalue weighted by atomic mass is 10.2. The molecule has 4 N–H and O–H groups in total. The number of rotatable bonds is 4. The Bertz CT molecular complexity index is 759. The maximum absolute atomic E-state index is 12.3. The monoisotopic (exact) mass is 347 g/mol. The lowest BCUT2D eigenvalue weighted by Crippen LogP contribution is -2.33.